The Hall–Kier alpha value is -1.78. The van der Waals surface area contributed by atoms with Crippen LogP contribution in [-0.4, -0.2) is 35.3 Å². The zero-order valence-corrected chi connectivity index (χ0v) is 11.5. The summed E-state index contributed by atoms with van der Waals surface area (Å²) in [6.45, 7) is 0.694. The lowest BCUT2D eigenvalue weighted by Gasteiger charge is -2.23. The minimum Gasteiger partial charge on any atom is -0.469 e. The molecule has 1 aliphatic heterocycles. The number of furan rings is 1. The maximum atomic E-state index is 12.3. The van der Waals surface area contributed by atoms with Crippen molar-refractivity contribution in [2.45, 2.75) is 50.6 Å². The fourth-order valence-corrected chi connectivity index (χ4v) is 2.69. The van der Waals surface area contributed by atoms with Crippen molar-refractivity contribution in [2.24, 2.45) is 0 Å². The average molecular weight is 276 g/mol. The summed E-state index contributed by atoms with van der Waals surface area (Å²) in [6.07, 6.45) is 6.46. The van der Waals surface area contributed by atoms with Crippen LogP contribution in [-0.2, 0) is 16.0 Å². The third-order valence-electron chi connectivity index (χ3n) is 3.96. The molecule has 5 heteroatoms. The quantitative estimate of drug-likeness (QED) is 0.886. The molecule has 1 atom stereocenters. The van der Waals surface area contributed by atoms with Gasteiger partial charge in [-0.3, -0.25) is 9.59 Å². The highest BCUT2D eigenvalue weighted by molar-refractivity contribution is 5.88. The molecular formula is C15H20N2O3. The van der Waals surface area contributed by atoms with Gasteiger partial charge in [0.1, 0.15) is 11.8 Å². The molecule has 2 aliphatic rings. The molecule has 0 bridgehead atoms. The largest absolute Gasteiger partial charge is 0.469 e. The number of carbonyl (C=O) groups is 2. The smallest absolute Gasteiger partial charge is 0.243 e. The number of hydrogen-bond donors (Lipinski definition) is 1. The van der Waals surface area contributed by atoms with Crippen molar-refractivity contribution >= 4 is 11.8 Å². The highest BCUT2D eigenvalue weighted by Gasteiger charge is 2.36. The van der Waals surface area contributed by atoms with Crippen LogP contribution in [0.25, 0.3) is 0 Å². The maximum Gasteiger partial charge on any atom is 0.243 e. The Labute approximate surface area is 118 Å². The van der Waals surface area contributed by atoms with Crippen molar-refractivity contribution in [3.8, 4) is 0 Å². The number of nitrogens with zero attached hydrogens (tertiary/aromatic N) is 1. The van der Waals surface area contributed by atoms with Gasteiger partial charge in [-0.05, 0) is 37.8 Å². The Morgan fingerprint density at radius 3 is 2.90 bits per heavy atom. The first-order valence-corrected chi connectivity index (χ1v) is 7.36. The Bertz CT molecular complexity index is 479. The topological polar surface area (TPSA) is 62.6 Å². The lowest BCUT2D eigenvalue weighted by atomic mass is 10.2. The van der Waals surface area contributed by atoms with Gasteiger partial charge in [0.15, 0.2) is 0 Å². The second kappa shape index (κ2) is 5.69. The van der Waals surface area contributed by atoms with E-state index in [0.29, 0.717) is 25.4 Å². The second-order valence-electron chi connectivity index (χ2n) is 5.61. The van der Waals surface area contributed by atoms with Crippen molar-refractivity contribution < 1.29 is 14.0 Å². The van der Waals surface area contributed by atoms with Gasteiger partial charge in [-0.25, -0.2) is 0 Å². The minimum absolute atomic E-state index is 0.0244. The van der Waals surface area contributed by atoms with Crippen molar-refractivity contribution in [1.82, 2.24) is 10.2 Å². The maximum absolute atomic E-state index is 12.3. The molecule has 2 fully saturated rings. The molecule has 0 spiro atoms. The summed E-state index contributed by atoms with van der Waals surface area (Å²) >= 11 is 0. The van der Waals surface area contributed by atoms with E-state index in [1.807, 2.05) is 12.1 Å². The molecule has 1 saturated carbocycles. The molecule has 1 N–H and O–H groups in total. The summed E-state index contributed by atoms with van der Waals surface area (Å²) in [4.78, 5) is 26.1. The van der Waals surface area contributed by atoms with Crippen LogP contribution in [0.15, 0.2) is 22.8 Å². The van der Waals surface area contributed by atoms with Gasteiger partial charge in [0.25, 0.3) is 0 Å². The van der Waals surface area contributed by atoms with Gasteiger partial charge in [0, 0.05) is 25.4 Å². The van der Waals surface area contributed by atoms with Crippen molar-refractivity contribution in [3.63, 3.8) is 0 Å². The third kappa shape index (κ3) is 3.03. The van der Waals surface area contributed by atoms with Crippen molar-refractivity contribution in [2.75, 3.05) is 6.54 Å². The lowest BCUT2D eigenvalue weighted by molar-refractivity contribution is -0.138. The van der Waals surface area contributed by atoms with E-state index < -0.39 is 0 Å². The van der Waals surface area contributed by atoms with Gasteiger partial charge < -0.3 is 14.6 Å². The average Bonchev–Trinajstić information content (AvgIpc) is 2.98. The van der Waals surface area contributed by atoms with E-state index in [2.05, 4.69) is 5.32 Å². The van der Waals surface area contributed by atoms with Crippen LogP contribution >= 0.6 is 0 Å². The predicted molar refractivity (Wildman–Crippen MR) is 72.9 cm³/mol. The second-order valence-corrected chi connectivity index (χ2v) is 5.61. The molecule has 5 nitrogen and oxygen atoms in total. The SMILES string of the molecule is O=C(NC1CC1)[C@@H]1CCCN1C(=O)CCc1ccco1. The Morgan fingerprint density at radius 1 is 1.35 bits per heavy atom. The summed E-state index contributed by atoms with van der Waals surface area (Å²) in [7, 11) is 0. The minimum atomic E-state index is -0.264. The highest BCUT2D eigenvalue weighted by Crippen LogP contribution is 2.23. The molecule has 2 amide bonds. The molecule has 0 aromatic carbocycles. The molecule has 0 unspecified atom stereocenters. The van der Waals surface area contributed by atoms with E-state index in [-0.39, 0.29) is 17.9 Å². The van der Waals surface area contributed by atoms with Crippen molar-refractivity contribution in [1.29, 1.82) is 0 Å². The van der Waals surface area contributed by atoms with Gasteiger partial charge in [-0.15, -0.1) is 0 Å². The monoisotopic (exact) mass is 276 g/mol. The summed E-state index contributed by atoms with van der Waals surface area (Å²) in [5.41, 5.74) is 0. The Balaban J connectivity index is 1.53. The third-order valence-corrected chi connectivity index (χ3v) is 3.96. The number of rotatable bonds is 5. The zero-order chi connectivity index (χ0) is 13.9. The van der Waals surface area contributed by atoms with E-state index in [1.54, 1.807) is 11.2 Å². The van der Waals surface area contributed by atoms with Crippen LogP contribution in [0, 0.1) is 0 Å². The molecule has 20 heavy (non-hydrogen) atoms. The molecule has 1 aromatic rings. The summed E-state index contributed by atoms with van der Waals surface area (Å²) in [6, 6.07) is 3.78. The van der Waals surface area contributed by atoms with E-state index >= 15 is 0 Å². The van der Waals surface area contributed by atoms with Gasteiger partial charge in [0.05, 0.1) is 6.26 Å². The summed E-state index contributed by atoms with van der Waals surface area (Å²) in [5.74, 6) is 0.891. The molecule has 3 rings (SSSR count). The first-order chi connectivity index (χ1) is 9.74. The van der Waals surface area contributed by atoms with Gasteiger partial charge in [-0.2, -0.15) is 0 Å². The Morgan fingerprint density at radius 2 is 2.20 bits per heavy atom. The number of carbonyl (C=O) groups excluding carboxylic acids is 2. The van der Waals surface area contributed by atoms with Crippen LogP contribution in [0.3, 0.4) is 0 Å². The van der Waals surface area contributed by atoms with Crippen LogP contribution in [0.1, 0.15) is 37.9 Å². The molecule has 1 aromatic heterocycles. The first kappa shape index (κ1) is 13.2. The Kier molecular flexibility index (Phi) is 3.76. The van der Waals surface area contributed by atoms with E-state index in [9.17, 15) is 9.59 Å². The molecule has 1 aliphatic carbocycles. The van der Waals surface area contributed by atoms with Crippen LogP contribution in [0.4, 0.5) is 0 Å². The number of hydrogen-bond acceptors (Lipinski definition) is 3. The predicted octanol–water partition coefficient (Wildman–Crippen LogP) is 1.48. The fraction of sp³-hybridized carbons (Fsp3) is 0.600. The molecule has 2 heterocycles. The van der Waals surface area contributed by atoms with E-state index in [1.165, 1.54) is 0 Å². The normalized spacial score (nSPS) is 22.0. The van der Waals surface area contributed by atoms with Crippen molar-refractivity contribution in [3.05, 3.63) is 24.2 Å². The molecule has 0 radical (unpaired) electrons. The van der Waals surface area contributed by atoms with E-state index in [4.69, 9.17) is 4.42 Å². The van der Waals surface area contributed by atoms with Crippen LogP contribution in [0.5, 0.6) is 0 Å². The number of aryl methyl sites for hydroxylation is 1. The zero-order valence-electron chi connectivity index (χ0n) is 11.5. The summed E-state index contributed by atoms with van der Waals surface area (Å²) in [5, 5.41) is 3.00. The molecular weight excluding hydrogens is 256 g/mol. The van der Waals surface area contributed by atoms with Gasteiger partial charge in [-0.1, -0.05) is 0 Å². The number of nitrogens with one attached hydrogen (secondary N) is 1. The number of likely N-dealkylation sites (tertiary alicyclic amines) is 1. The standard InChI is InChI=1S/C15H20N2O3/c18-14(8-7-12-3-2-10-20-12)17-9-1-4-13(17)15(19)16-11-5-6-11/h2-3,10-11,13H,1,4-9H2,(H,16,19)/t13-/m0/s1. The van der Waals surface area contributed by atoms with E-state index in [0.717, 1.165) is 31.4 Å². The first-order valence-electron chi connectivity index (χ1n) is 7.36. The van der Waals surface area contributed by atoms with Gasteiger partial charge in [0.2, 0.25) is 11.8 Å². The molecule has 1 saturated heterocycles. The van der Waals surface area contributed by atoms with Gasteiger partial charge >= 0.3 is 0 Å². The van der Waals surface area contributed by atoms with Crippen LogP contribution < -0.4 is 5.32 Å². The molecule has 108 valence electrons. The van der Waals surface area contributed by atoms with Crippen LogP contribution in [0.2, 0.25) is 0 Å². The summed E-state index contributed by atoms with van der Waals surface area (Å²) < 4.78 is 5.23. The fourth-order valence-electron chi connectivity index (χ4n) is 2.69. The highest BCUT2D eigenvalue weighted by atomic mass is 16.3. The lowest BCUT2D eigenvalue weighted by Crippen LogP contribution is -2.46. The number of amides is 2.